The van der Waals surface area contributed by atoms with Gasteiger partial charge in [0.15, 0.2) is 0 Å². The zero-order valence-corrected chi connectivity index (χ0v) is 4.59. The summed E-state index contributed by atoms with van der Waals surface area (Å²) in [5.41, 5.74) is 0. The highest BCUT2D eigenvalue weighted by atomic mass is 79.9. The van der Waals surface area contributed by atoms with Gasteiger partial charge in [0.2, 0.25) is 0 Å². The fraction of sp³-hybridized carbons (Fsp3) is 0.250. The minimum atomic E-state index is -0.438. The van der Waals surface area contributed by atoms with E-state index in [9.17, 15) is 0 Å². The van der Waals surface area contributed by atoms with Crippen LogP contribution in [-0.2, 0) is 0 Å². The number of rotatable bonds is 0. The molecule has 0 aromatic rings. The Morgan fingerprint density at radius 3 is 2.00 bits per heavy atom. The number of hydrogen-bond acceptors (Lipinski definition) is 0. The van der Waals surface area contributed by atoms with Crippen LogP contribution in [0.1, 0.15) is 0 Å². The molecule has 1 heteroatoms. The highest BCUT2D eigenvalue weighted by Gasteiger charge is 1.99. The van der Waals surface area contributed by atoms with Crippen LogP contribution in [0.5, 0.6) is 0 Å². The zero-order valence-electron chi connectivity index (χ0n) is 3.00. The number of halogens is 1. The van der Waals surface area contributed by atoms with Crippen LogP contribution >= 0.6 is 15.9 Å². The predicted octanol–water partition coefficient (Wildman–Crippen LogP) is 1.62. The van der Waals surface area contributed by atoms with Crippen molar-refractivity contribution in [2.45, 2.75) is 4.32 Å². The van der Waals surface area contributed by atoms with Gasteiger partial charge in [-0.05, 0) is 6.92 Å². The van der Waals surface area contributed by atoms with Gasteiger partial charge in [-0.3, -0.25) is 6.92 Å². The largest absolute Gasteiger partial charge is 0.282 e. The summed E-state index contributed by atoms with van der Waals surface area (Å²) in [6.07, 6.45) is 0. The monoisotopic (exact) mass is 133 g/mol. The molecule has 0 bridgehead atoms. The van der Waals surface area contributed by atoms with E-state index >= 15 is 0 Å². The molecule has 0 spiro atoms. The van der Waals surface area contributed by atoms with Crippen molar-refractivity contribution in [3.8, 4) is 0 Å². The summed E-state index contributed by atoms with van der Waals surface area (Å²) in [5, 5.41) is 0. The summed E-state index contributed by atoms with van der Waals surface area (Å²) in [5.74, 6) is 0. The molecule has 1 radical (unpaired) electrons. The molecule has 0 N–H and O–H groups in total. The lowest BCUT2D eigenvalue weighted by Gasteiger charge is -2.02. The summed E-state index contributed by atoms with van der Waals surface area (Å²) in [7, 11) is 0. The summed E-state index contributed by atoms with van der Waals surface area (Å²) >= 11 is 3.04. The van der Waals surface area contributed by atoms with Crippen molar-refractivity contribution in [2.24, 2.45) is 0 Å². The summed E-state index contributed by atoms with van der Waals surface area (Å²) in [6, 6.07) is 0. The van der Waals surface area contributed by atoms with E-state index < -0.39 is 4.32 Å². The van der Waals surface area contributed by atoms with Crippen LogP contribution in [0.3, 0.4) is 0 Å². The van der Waals surface area contributed by atoms with Gasteiger partial charge >= 0.3 is 0 Å². The molecule has 0 rings (SSSR count). The average molecular weight is 134 g/mol. The normalized spacial score (nSPS) is 21.4. The molecule has 0 fully saturated rings. The van der Waals surface area contributed by atoms with E-state index in [1.165, 1.54) is 0 Å². The molecule has 0 amide bonds. The zero-order chi connectivity index (χ0) is 4.50. The molecule has 0 atom stereocenters. The fourth-order valence-corrected chi connectivity index (χ4v) is 0. The molecule has 5 heavy (non-hydrogen) atoms. The topological polar surface area (TPSA) is 0 Å². The van der Waals surface area contributed by atoms with Crippen molar-refractivity contribution >= 4 is 15.9 Å². The Morgan fingerprint density at radius 2 is 2.00 bits per heavy atom. The molecule has 0 unspecified atom stereocenters. The van der Waals surface area contributed by atoms with Gasteiger partial charge in [0, 0.05) is 11.2 Å². The van der Waals surface area contributed by atoms with Gasteiger partial charge in [-0.1, -0.05) is 15.9 Å². The molecule has 0 aliphatic carbocycles. The quantitative estimate of drug-likeness (QED) is 0.348. The van der Waals surface area contributed by atoms with Crippen molar-refractivity contribution in [3.05, 3.63) is 20.8 Å². The molecule has 0 aliphatic heterocycles. The standard InChI is InChI=1S/C4H6Br/c1-4(2,3)5/h1-3H2. The molecule has 0 aliphatic rings. The molecule has 29 valence electrons. The van der Waals surface area contributed by atoms with Gasteiger partial charge in [0.05, 0.1) is 0 Å². The molecular formula is C4H6Br. The van der Waals surface area contributed by atoms with E-state index in [0.29, 0.717) is 0 Å². The summed E-state index contributed by atoms with van der Waals surface area (Å²) in [6.45, 7) is 10.4. The maximum Gasteiger partial charge on any atom is 0.0469 e. The van der Waals surface area contributed by atoms with Gasteiger partial charge in [-0.2, -0.15) is 0 Å². The van der Waals surface area contributed by atoms with Crippen LogP contribution in [0.4, 0.5) is 0 Å². The Labute approximate surface area is 41.7 Å². The molecule has 0 heterocycles. The summed E-state index contributed by atoms with van der Waals surface area (Å²) < 4.78 is -0.438. The second-order valence-electron chi connectivity index (χ2n) is 1.15. The van der Waals surface area contributed by atoms with E-state index in [-0.39, 0.29) is 0 Å². The van der Waals surface area contributed by atoms with Crippen molar-refractivity contribution in [1.82, 2.24) is 0 Å². The fourth-order valence-electron chi connectivity index (χ4n) is 0. The second-order valence-corrected chi connectivity index (χ2v) is 2.83. The van der Waals surface area contributed by atoms with Crippen LogP contribution in [0.2, 0.25) is 0 Å². The first-order chi connectivity index (χ1) is 2.00. The van der Waals surface area contributed by atoms with Gasteiger partial charge in [0.1, 0.15) is 0 Å². The van der Waals surface area contributed by atoms with Crippen molar-refractivity contribution < 1.29 is 0 Å². The van der Waals surface area contributed by atoms with Crippen molar-refractivity contribution in [1.29, 1.82) is 0 Å². The van der Waals surface area contributed by atoms with Gasteiger partial charge < -0.3 is 0 Å². The number of hydrogen-bond donors (Lipinski definition) is 0. The van der Waals surface area contributed by atoms with Gasteiger partial charge in [-0.15, -0.1) is 0 Å². The minimum Gasteiger partial charge on any atom is -0.282 e. The van der Waals surface area contributed by atoms with Crippen LogP contribution in [0.15, 0.2) is 0 Å². The van der Waals surface area contributed by atoms with E-state index in [0.717, 1.165) is 0 Å². The van der Waals surface area contributed by atoms with Crippen LogP contribution in [-0.4, -0.2) is 4.32 Å². The third kappa shape index (κ3) is 196. The minimum absolute atomic E-state index is 0.438. The lowest BCUT2D eigenvalue weighted by atomic mass is 10.3. The molecule has 0 saturated heterocycles. The van der Waals surface area contributed by atoms with Crippen molar-refractivity contribution in [3.63, 3.8) is 0 Å². The first-order valence-electron chi connectivity index (χ1n) is 1.25. The molecule has 0 nitrogen and oxygen atoms in total. The van der Waals surface area contributed by atoms with E-state index in [4.69, 9.17) is 0 Å². The lowest BCUT2D eigenvalue weighted by Crippen LogP contribution is -2.00. The van der Waals surface area contributed by atoms with Crippen LogP contribution in [0, 0.1) is 20.8 Å². The molecule has 0 saturated carbocycles. The SMILES string of the molecule is [CH2]C([CH2+])([CH2-])Br. The van der Waals surface area contributed by atoms with Crippen LogP contribution in [0.25, 0.3) is 0 Å². The summed E-state index contributed by atoms with van der Waals surface area (Å²) in [4.78, 5) is 0. The van der Waals surface area contributed by atoms with E-state index in [1.807, 2.05) is 0 Å². The molecule has 0 aromatic heterocycles. The lowest BCUT2D eigenvalue weighted by molar-refractivity contribution is 1.16. The molecule has 0 aromatic carbocycles. The Morgan fingerprint density at radius 1 is 2.00 bits per heavy atom. The predicted molar refractivity (Wildman–Crippen MR) is 27.7 cm³/mol. The van der Waals surface area contributed by atoms with E-state index in [2.05, 4.69) is 36.7 Å². The highest BCUT2D eigenvalue weighted by Crippen LogP contribution is 2.09. The second kappa shape index (κ2) is 1.21. The average Bonchev–Trinajstić information content (AvgIpc) is 0.722. The smallest absolute Gasteiger partial charge is 0.0469 e. The Balaban J connectivity index is 3.02. The Hall–Kier alpha value is 0.350. The first kappa shape index (κ1) is 5.35. The van der Waals surface area contributed by atoms with E-state index in [1.54, 1.807) is 0 Å². The third-order valence-electron chi connectivity index (χ3n) is 0. The Kier molecular flexibility index (Phi) is 1.30. The Bertz CT molecular complexity index is 19.1. The third-order valence-corrected chi connectivity index (χ3v) is 0. The molecular weight excluding hydrogens is 128 g/mol. The van der Waals surface area contributed by atoms with Gasteiger partial charge in [-0.25, -0.2) is 0 Å². The van der Waals surface area contributed by atoms with Crippen molar-refractivity contribution in [2.75, 3.05) is 0 Å². The maximum absolute atomic E-state index is 3.47. The van der Waals surface area contributed by atoms with Crippen LogP contribution < -0.4 is 0 Å². The maximum atomic E-state index is 3.47. The highest BCUT2D eigenvalue weighted by molar-refractivity contribution is 9.10. The van der Waals surface area contributed by atoms with Gasteiger partial charge in [0.25, 0.3) is 0 Å². The first-order valence-corrected chi connectivity index (χ1v) is 2.04. The number of alkyl halides is 1.